The van der Waals surface area contributed by atoms with Gasteiger partial charge in [0.15, 0.2) is 10.7 Å². The van der Waals surface area contributed by atoms with Gasteiger partial charge in [-0.15, -0.1) is 0 Å². The van der Waals surface area contributed by atoms with E-state index in [1.54, 1.807) is 31.4 Å². The van der Waals surface area contributed by atoms with Gasteiger partial charge in [0, 0.05) is 16.8 Å². The average Bonchev–Trinajstić information content (AvgIpc) is 3.23. The quantitative estimate of drug-likeness (QED) is 0.395. The monoisotopic (exact) mass is 445 g/mol. The van der Waals surface area contributed by atoms with Crippen molar-refractivity contribution in [3.8, 4) is 17.2 Å². The molecule has 0 bridgehead atoms. The summed E-state index contributed by atoms with van der Waals surface area (Å²) in [5.41, 5.74) is 5.82. The third kappa shape index (κ3) is 4.63. The van der Waals surface area contributed by atoms with Crippen LogP contribution in [0.15, 0.2) is 65.1 Å². The molecule has 4 aromatic rings. The summed E-state index contributed by atoms with van der Waals surface area (Å²) < 4.78 is 11.1. The number of thiocarbonyl (C=S) groups is 1. The minimum absolute atomic E-state index is 0.205. The van der Waals surface area contributed by atoms with Gasteiger partial charge < -0.3 is 14.5 Å². The van der Waals surface area contributed by atoms with Crippen molar-refractivity contribution in [1.29, 1.82) is 0 Å². The number of aromatic nitrogens is 1. The summed E-state index contributed by atoms with van der Waals surface area (Å²) in [6.45, 7) is 4.07. The highest BCUT2D eigenvalue weighted by molar-refractivity contribution is 7.80. The van der Waals surface area contributed by atoms with Crippen LogP contribution < -0.4 is 15.4 Å². The molecule has 0 radical (unpaired) electrons. The number of oxazole rings is 1. The number of hydrogen-bond donors (Lipinski definition) is 2. The standard InChI is InChI=1S/C25H23N3O3S/c1-4-16-6-12-22-21(13-16)26-24(31-22)18-7-5-15(2)20(14-18)27-25(32)28-23(29)17-8-10-19(30-3)11-9-17/h5-14H,4H2,1-3H3,(H2,27,28,29,32). The lowest BCUT2D eigenvalue weighted by Crippen LogP contribution is -2.34. The van der Waals surface area contributed by atoms with E-state index in [2.05, 4.69) is 22.5 Å². The van der Waals surface area contributed by atoms with Crippen molar-refractivity contribution in [1.82, 2.24) is 10.3 Å². The number of amides is 1. The molecule has 0 spiro atoms. The molecular weight excluding hydrogens is 422 g/mol. The van der Waals surface area contributed by atoms with Gasteiger partial charge in [0.25, 0.3) is 5.91 Å². The summed E-state index contributed by atoms with van der Waals surface area (Å²) in [6.07, 6.45) is 0.941. The Balaban J connectivity index is 1.51. The second-order valence-electron chi connectivity index (χ2n) is 7.34. The fraction of sp³-hybridized carbons (Fsp3) is 0.160. The molecule has 1 heterocycles. The molecule has 0 saturated heterocycles. The van der Waals surface area contributed by atoms with Crippen LogP contribution in [0.1, 0.15) is 28.4 Å². The fourth-order valence-corrected chi connectivity index (χ4v) is 3.48. The maximum atomic E-state index is 12.5. The van der Waals surface area contributed by atoms with Gasteiger partial charge in [-0.05, 0) is 85.2 Å². The molecule has 1 aromatic heterocycles. The summed E-state index contributed by atoms with van der Waals surface area (Å²) in [6, 6.07) is 18.7. The van der Waals surface area contributed by atoms with Crippen molar-refractivity contribution in [3.63, 3.8) is 0 Å². The van der Waals surface area contributed by atoms with E-state index in [4.69, 9.17) is 21.4 Å². The van der Waals surface area contributed by atoms with E-state index in [9.17, 15) is 4.79 Å². The molecule has 162 valence electrons. The molecule has 0 unspecified atom stereocenters. The zero-order chi connectivity index (χ0) is 22.7. The van der Waals surface area contributed by atoms with E-state index in [-0.39, 0.29) is 11.0 Å². The summed E-state index contributed by atoms with van der Waals surface area (Å²) in [5.74, 6) is 0.911. The van der Waals surface area contributed by atoms with Crippen LogP contribution in [0, 0.1) is 6.92 Å². The molecule has 0 atom stereocenters. The van der Waals surface area contributed by atoms with Gasteiger partial charge in [-0.3, -0.25) is 10.1 Å². The van der Waals surface area contributed by atoms with Crippen molar-refractivity contribution in [3.05, 3.63) is 77.4 Å². The Labute approximate surface area is 191 Å². The van der Waals surface area contributed by atoms with Crippen molar-refractivity contribution < 1.29 is 13.9 Å². The van der Waals surface area contributed by atoms with E-state index >= 15 is 0 Å². The van der Waals surface area contributed by atoms with Crippen LogP contribution >= 0.6 is 12.2 Å². The Morgan fingerprint density at radius 3 is 2.59 bits per heavy atom. The number of carbonyl (C=O) groups is 1. The maximum Gasteiger partial charge on any atom is 0.257 e. The number of ether oxygens (including phenoxy) is 1. The van der Waals surface area contributed by atoms with Crippen LogP contribution in [0.25, 0.3) is 22.6 Å². The fourth-order valence-electron chi connectivity index (χ4n) is 3.28. The number of rotatable bonds is 5. The first-order chi connectivity index (χ1) is 15.5. The highest BCUT2D eigenvalue weighted by Crippen LogP contribution is 2.28. The number of fused-ring (bicyclic) bond motifs is 1. The van der Waals surface area contributed by atoms with Crippen LogP contribution in [0.5, 0.6) is 5.75 Å². The molecular formula is C25H23N3O3S. The van der Waals surface area contributed by atoms with Gasteiger partial charge in [-0.1, -0.05) is 19.1 Å². The van der Waals surface area contributed by atoms with E-state index in [1.165, 1.54) is 5.56 Å². The van der Waals surface area contributed by atoms with E-state index < -0.39 is 0 Å². The van der Waals surface area contributed by atoms with Crippen molar-refractivity contribution in [2.75, 3.05) is 12.4 Å². The van der Waals surface area contributed by atoms with Crippen LogP contribution in [0.3, 0.4) is 0 Å². The Morgan fingerprint density at radius 1 is 1.09 bits per heavy atom. The largest absolute Gasteiger partial charge is 0.497 e. The first-order valence-electron chi connectivity index (χ1n) is 10.2. The first kappa shape index (κ1) is 21.5. The number of nitrogens with zero attached hydrogens (tertiary/aromatic N) is 1. The Kier molecular flexibility index (Phi) is 6.18. The minimum atomic E-state index is -0.301. The molecule has 0 aliphatic rings. The van der Waals surface area contributed by atoms with Crippen LogP contribution in [0.2, 0.25) is 0 Å². The summed E-state index contributed by atoms with van der Waals surface area (Å²) >= 11 is 5.35. The lowest BCUT2D eigenvalue weighted by Gasteiger charge is -2.13. The van der Waals surface area contributed by atoms with Crippen molar-refractivity contribution in [2.24, 2.45) is 0 Å². The zero-order valence-corrected chi connectivity index (χ0v) is 18.9. The molecule has 6 nitrogen and oxygen atoms in total. The zero-order valence-electron chi connectivity index (χ0n) is 18.1. The second-order valence-corrected chi connectivity index (χ2v) is 7.75. The molecule has 0 fully saturated rings. The second kappa shape index (κ2) is 9.20. The average molecular weight is 446 g/mol. The lowest BCUT2D eigenvalue weighted by molar-refractivity contribution is 0.0977. The van der Waals surface area contributed by atoms with Gasteiger partial charge in [0.05, 0.1) is 7.11 Å². The molecule has 3 aromatic carbocycles. The third-order valence-electron chi connectivity index (χ3n) is 5.17. The summed E-state index contributed by atoms with van der Waals surface area (Å²) in [7, 11) is 1.58. The predicted molar refractivity (Wildman–Crippen MR) is 130 cm³/mol. The Morgan fingerprint density at radius 2 is 1.88 bits per heavy atom. The maximum absolute atomic E-state index is 12.5. The van der Waals surface area contributed by atoms with Gasteiger partial charge in [-0.25, -0.2) is 4.98 Å². The van der Waals surface area contributed by atoms with Gasteiger partial charge >= 0.3 is 0 Å². The molecule has 32 heavy (non-hydrogen) atoms. The molecule has 2 N–H and O–H groups in total. The highest BCUT2D eigenvalue weighted by atomic mass is 32.1. The van der Waals surface area contributed by atoms with E-state index in [1.807, 2.05) is 43.3 Å². The van der Waals surface area contributed by atoms with Gasteiger partial charge in [0.2, 0.25) is 5.89 Å². The number of carbonyl (C=O) groups excluding carboxylic acids is 1. The summed E-state index contributed by atoms with van der Waals surface area (Å²) in [4.78, 5) is 17.1. The number of nitrogens with one attached hydrogen (secondary N) is 2. The van der Waals surface area contributed by atoms with Crippen LogP contribution in [0.4, 0.5) is 5.69 Å². The molecule has 0 saturated carbocycles. The smallest absolute Gasteiger partial charge is 0.257 e. The SMILES string of the molecule is CCc1ccc2oc(-c3ccc(C)c(NC(=S)NC(=O)c4ccc(OC)cc4)c3)nc2c1. The first-order valence-corrected chi connectivity index (χ1v) is 10.6. The third-order valence-corrected chi connectivity index (χ3v) is 5.38. The minimum Gasteiger partial charge on any atom is -0.497 e. The lowest BCUT2D eigenvalue weighted by atomic mass is 10.1. The molecule has 4 rings (SSSR count). The normalized spacial score (nSPS) is 10.7. The van der Waals surface area contributed by atoms with Crippen molar-refractivity contribution in [2.45, 2.75) is 20.3 Å². The number of hydrogen-bond acceptors (Lipinski definition) is 5. The Bertz CT molecular complexity index is 1300. The van der Waals surface area contributed by atoms with Gasteiger partial charge in [-0.2, -0.15) is 0 Å². The van der Waals surface area contributed by atoms with Crippen molar-refractivity contribution >= 4 is 40.0 Å². The predicted octanol–water partition coefficient (Wildman–Crippen LogP) is 5.50. The van der Waals surface area contributed by atoms with Crippen LogP contribution in [-0.4, -0.2) is 23.1 Å². The highest BCUT2D eigenvalue weighted by Gasteiger charge is 2.13. The molecule has 1 amide bonds. The molecule has 0 aliphatic carbocycles. The van der Waals surface area contributed by atoms with Gasteiger partial charge in [0.1, 0.15) is 11.3 Å². The summed E-state index contributed by atoms with van der Waals surface area (Å²) in [5, 5.41) is 6.01. The number of methoxy groups -OCH3 is 1. The number of benzene rings is 3. The molecule has 7 heteroatoms. The molecule has 0 aliphatic heterocycles. The topological polar surface area (TPSA) is 76.4 Å². The Hall–Kier alpha value is -3.71. The van der Waals surface area contributed by atoms with E-state index in [0.717, 1.165) is 34.3 Å². The van der Waals surface area contributed by atoms with Crippen LogP contribution in [-0.2, 0) is 6.42 Å². The number of aryl methyl sites for hydroxylation is 2. The van der Waals surface area contributed by atoms with E-state index in [0.29, 0.717) is 17.2 Å². The number of anilines is 1.